The molecule has 2 aromatic rings. The Bertz CT molecular complexity index is 759. The quantitative estimate of drug-likeness (QED) is 0.801. The van der Waals surface area contributed by atoms with Crippen molar-refractivity contribution in [3.05, 3.63) is 57.9 Å². The largest absolute Gasteiger partial charge is 0.483 e. The summed E-state index contributed by atoms with van der Waals surface area (Å²) in [5.74, 6) is 0.147. The van der Waals surface area contributed by atoms with Crippen molar-refractivity contribution in [2.75, 3.05) is 11.9 Å². The molecule has 0 spiro atoms. The first-order valence-corrected chi connectivity index (χ1v) is 8.14. The molecule has 128 valence electrons. The van der Waals surface area contributed by atoms with E-state index in [1.165, 1.54) is 6.07 Å². The van der Waals surface area contributed by atoms with Crippen LogP contribution in [-0.4, -0.2) is 12.5 Å². The Morgan fingerprint density at radius 3 is 2.54 bits per heavy atom. The van der Waals surface area contributed by atoms with E-state index in [1.54, 1.807) is 19.1 Å². The summed E-state index contributed by atoms with van der Waals surface area (Å²) in [5, 5.41) is 3.30. The topological polar surface area (TPSA) is 38.3 Å². The molecule has 0 aliphatic rings. The number of rotatable bonds is 5. The van der Waals surface area contributed by atoms with Crippen molar-refractivity contribution in [3.63, 3.8) is 0 Å². The first-order chi connectivity index (χ1) is 11.3. The highest BCUT2D eigenvalue weighted by atomic mass is 35.5. The summed E-state index contributed by atoms with van der Waals surface area (Å²) in [6.07, 6.45) is 0. The van der Waals surface area contributed by atoms with E-state index in [9.17, 15) is 9.18 Å². The van der Waals surface area contributed by atoms with Gasteiger partial charge in [-0.1, -0.05) is 31.5 Å². The molecule has 0 aliphatic heterocycles. The summed E-state index contributed by atoms with van der Waals surface area (Å²) in [6.45, 7) is 7.46. The SMILES string of the molecule is Cc1ccc(NC(=O)COc2cc(C)c(Cl)cc2C(C)C)cc1F. The predicted octanol–water partition coefficient (Wildman–Crippen LogP) is 5.24. The van der Waals surface area contributed by atoms with Crippen LogP contribution in [0.3, 0.4) is 0 Å². The molecule has 0 aliphatic carbocycles. The fourth-order valence-corrected chi connectivity index (χ4v) is 2.43. The molecule has 0 aromatic heterocycles. The van der Waals surface area contributed by atoms with Gasteiger partial charge >= 0.3 is 0 Å². The van der Waals surface area contributed by atoms with Crippen molar-refractivity contribution >= 4 is 23.2 Å². The lowest BCUT2D eigenvalue weighted by atomic mass is 10.0. The Kier molecular flexibility index (Phi) is 5.84. The van der Waals surface area contributed by atoms with Crippen LogP contribution in [0.2, 0.25) is 5.02 Å². The summed E-state index contributed by atoms with van der Waals surface area (Å²) in [6, 6.07) is 8.26. The van der Waals surface area contributed by atoms with Gasteiger partial charge in [-0.25, -0.2) is 4.39 Å². The molecule has 5 heteroatoms. The molecule has 0 radical (unpaired) electrons. The third-order valence-corrected chi connectivity index (χ3v) is 4.13. The molecule has 0 saturated heterocycles. The molecule has 3 nitrogen and oxygen atoms in total. The number of carbonyl (C=O) groups is 1. The minimum atomic E-state index is -0.357. The van der Waals surface area contributed by atoms with Crippen molar-refractivity contribution in [1.29, 1.82) is 0 Å². The Hall–Kier alpha value is -2.07. The maximum absolute atomic E-state index is 13.5. The lowest BCUT2D eigenvalue weighted by molar-refractivity contribution is -0.118. The van der Waals surface area contributed by atoms with E-state index < -0.39 is 0 Å². The highest BCUT2D eigenvalue weighted by molar-refractivity contribution is 6.31. The Balaban J connectivity index is 2.06. The predicted molar refractivity (Wildman–Crippen MR) is 95.5 cm³/mol. The summed E-state index contributed by atoms with van der Waals surface area (Å²) in [4.78, 5) is 12.0. The fraction of sp³-hybridized carbons (Fsp3) is 0.316. The summed E-state index contributed by atoms with van der Waals surface area (Å²) in [5.41, 5.74) is 2.77. The average molecular weight is 350 g/mol. The molecule has 0 heterocycles. The van der Waals surface area contributed by atoms with Crippen LogP contribution in [0.15, 0.2) is 30.3 Å². The van der Waals surface area contributed by atoms with Crippen molar-refractivity contribution < 1.29 is 13.9 Å². The van der Waals surface area contributed by atoms with Gasteiger partial charge in [0.05, 0.1) is 0 Å². The lowest BCUT2D eigenvalue weighted by Gasteiger charge is -2.16. The second kappa shape index (κ2) is 7.67. The lowest BCUT2D eigenvalue weighted by Crippen LogP contribution is -2.20. The maximum atomic E-state index is 13.5. The second-order valence-electron chi connectivity index (χ2n) is 6.09. The molecular formula is C19H21ClFNO2. The van der Waals surface area contributed by atoms with Crippen LogP contribution >= 0.6 is 11.6 Å². The zero-order valence-corrected chi connectivity index (χ0v) is 15.0. The van der Waals surface area contributed by atoms with Gasteiger partial charge in [-0.15, -0.1) is 0 Å². The van der Waals surface area contributed by atoms with E-state index >= 15 is 0 Å². The summed E-state index contributed by atoms with van der Waals surface area (Å²) < 4.78 is 19.2. The zero-order chi connectivity index (χ0) is 17.9. The number of benzene rings is 2. The molecule has 2 rings (SSSR count). The number of hydrogen-bond acceptors (Lipinski definition) is 2. The normalized spacial score (nSPS) is 10.8. The van der Waals surface area contributed by atoms with E-state index in [0.717, 1.165) is 11.1 Å². The van der Waals surface area contributed by atoms with Crippen LogP contribution in [0.1, 0.15) is 36.5 Å². The number of ether oxygens (including phenoxy) is 1. The fourth-order valence-electron chi connectivity index (χ4n) is 2.26. The first kappa shape index (κ1) is 18.3. The third kappa shape index (κ3) is 4.48. The van der Waals surface area contributed by atoms with Gasteiger partial charge in [-0.05, 0) is 60.7 Å². The van der Waals surface area contributed by atoms with Crippen molar-refractivity contribution in [2.24, 2.45) is 0 Å². The number of nitrogens with one attached hydrogen (secondary N) is 1. The Labute approximate surface area is 146 Å². The van der Waals surface area contributed by atoms with Gasteiger partial charge in [0.1, 0.15) is 11.6 Å². The van der Waals surface area contributed by atoms with Crippen LogP contribution in [0.5, 0.6) is 5.75 Å². The second-order valence-corrected chi connectivity index (χ2v) is 6.50. The molecule has 1 amide bonds. The van der Waals surface area contributed by atoms with E-state index in [2.05, 4.69) is 5.32 Å². The average Bonchev–Trinajstić information content (AvgIpc) is 2.51. The maximum Gasteiger partial charge on any atom is 0.262 e. The van der Waals surface area contributed by atoms with Crippen LogP contribution in [-0.2, 0) is 4.79 Å². The third-order valence-electron chi connectivity index (χ3n) is 3.73. The van der Waals surface area contributed by atoms with Gasteiger partial charge < -0.3 is 10.1 Å². The molecule has 1 N–H and O–H groups in total. The number of carbonyl (C=O) groups excluding carboxylic acids is 1. The molecule has 24 heavy (non-hydrogen) atoms. The van der Waals surface area contributed by atoms with Gasteiger partial charge in [-0.3, -0.25) is 4.79 Å². The molecule has 0 saturated carbocycles. The number of amides is 1. The standard InChI is InChI=1S/C19H21ClFNO2/c1-11(2)15-9-16(20)13(4)7-18(15)24-10-19(23)22-14-6-5-12(3)17(21)8-14/h5-9,11H,10H2,1-4H3,(H,22,23). The summed E-state index contributed by atoms with van der Waals surface area (Å²) >= 11 is 6.16. The van der Waals surface area contributed by atoms with Crippen LogP contribution < -0.4 is 10.1 Å². The Morgan fingerprint density at radius 1 is 1.21 bits per heavy atom. The van der Waals surface area contributed by atoms with Gasteiger partial charge in [0.25, 0.3) is 5.91 Å². The molecular weight excluding hydrogens is 329 g/mol. The van der Waals surface area contributed by atoms with Crippen molar-refractivity contribution in [3.8, 4) is 5.75 Å². The minimum absolute atomic E-state index is 0.156. The van der Waals surface area contributed by atoms with Gasteiger partial charge in [0, 0.05) is 10.7 Å². The molecule has 0 atom stereocenters. The van der Waals surface area contributed by atoms with Gasteiger partial charge in [0.15, 0.2) is 6.61 Å². The van der Waals surface area contributed by atoms with E-state index in [0.29, 0.717) is 22.0 Å². The first-order valence-electron chi connectivity index (χ1n) is 7.76. The van der Waals surface area contributed by atoms with Crippen LogP contribution in [0.25, 0.3) is 0 Å². The highest BCUT2D eigenvalue weighted by Gasteiger charge is 2.13. The van der Waals surface area contributed by atoms with Gasteiger partial charge in [0.2, 0.25) is 0 Å². The number of halogens is 2. The van der Waals surface area contributed by atoms with E-state index in [1.807, 2.05) is 32.9 Å². The molecule has 0 fully saturated rings. The number of hydrogen-bond donors (Lipinski definition) is 1. The number of aryl methyl sites for hydroxylation is 2. The molecule has 0 bridgehead atoms. The van der Waals surface area contributed by atoms with E-state index in [4.69, 9.17) is 16.3 Å². The highest BCUT2D eigenvalue weighted by Crippen LogP contribution is 2.32. The Morgan fingerprint density at radius 2 is 1.92 bits per heavy atom. The molecule has 0 unspecified atom stereocenters. The minimum Gasteiger partial charge on any atom is -0.483 e. The summed E-state index contributed by atoms with van der Waals surface area (Å²) in [7, 11) is 0. The van der Waals surface area contributed by atoms with E-state index in [-0.39, 0.29) is 24.2 Å². The van der Waals surface area contributed by atoms with Gasteiger partial charge in [-0.2, -0.15) is 0 Å². The smallest absolute Gasteiger partial charge is 0.262 e. The van der Waals surface area contributed by atoms with Crippen LogP contribution in [0.4, 0.5) is 10.1 Å². The number of anilines is 1. The van der Waals surface area contributed by atoms with Crippen LogP contribution in [0, 0.1) is 19.7 Å². The monoisotopic (exact) mass is 349 g/mol. The molecule has 2 aromatic carbocycles. The van der Waals surface area contributed by atoms with Crippen molar-refractivity contribution in [1.82, 2.24) is 0 Å². The zero-order valence-electron chi connectivity index (χ0n) is 14.2. The van der Waals surface area contributed by atoms with Crippen molar-refractivity contribution in [2.45, 2.75) is 33.6 Å².